The summed E-state index contributed by atoms with van der Waals surface area (Å²) in [5.74, 6) is 0.507. The first-order valence-corrected chi connectivity index (χ1v) is 14.8. The van der Waals surface area contributed by atoms with Crippen LogP contribution in [0.2, 0.25) is 0 Å². The normalized spacial score (nSPS) is 20.0. The maximum atomic E-state index is 14.0. The minimum Gasteiger partial charge on any atom is -0.493 e. The lowest BCUT2D eigenvalue weighted by atomic mass is 9.63. The zero-order valence-electron chi connectivity index (χ0n) is 25.6. The zero-order chi connectivity index (χ0) is 30.2. The lowest BCUT2D eigenvalue weighted by Gasteiger charge is -2.49. The second-order valence-electron chi connectivity index (χ2n) is 13.4. The minimum atomic E-state index is -0.457. The van der Waals surface area contributed by atoms with E-state index in [1.165, 1.54) is 12.1 Å². The van der Waals surface area contributed by atoms with Crippen molar-refractivity contribution in [2.75, 3.05) is 27.4 Å². The number of carbonyl (C=O) groups is 2. The van der Waals surface area contributed by atoms with Gasteiger partial charge in [0.1, 0.15) is 12.4 Å². The molecule has 224 valence electrons. The van der Waals surface area contributed by atoms with Crippen molar-refractivity contribution in [2.45, 2.75) is 72.3 Å². The number of benzene rings is 2. The van der Waals surface area contributed by atoms with Crippen molar-refractivity contribution in [3.8, 4) is 11.5 Å². The first-order chi connectivity index (χ1) is 19.9. The molecule has 6 nitrogen and oxygen atoms in total. The average Bonchev–Trinajstić information content (AvgIpc) is 2.91. The smallest absolute Gasteiger partial charge is 0.162 e. The number of rotatable bonds is 9. The zero-order valence-corrected chi connectivity index (χ0v) is 25.6. The highest BCUT2D eigenvalue weighted by Crippen LogP contribution is 2.55. The Balaban J connectivity index is 1.60. The third-order valence-corrected chi connectivity index (χ3v) is 8.58. The fraction of sp³-hybridized carbons (Fsp3) is 0.486. The highest BCUT2D eigenvalue weighted by molar-refractivity contribution is 6.06. The van der Waals surface area contributed by atoms with Crippen LogP contribution < -0.4 is 9.47 Å². The Hall–Kier alpha value is -3.45. The lowest BCUT2D eigenvalue weighted by molar-refractivity contribution is -0.119. The number of ether oxygens (including phenoxy) is 3. The molecule has 7 heteroatoms. The third-order valence-electron chi connectivity index (χ3n) is 8.58. The second kappa shape index (κ2) is 11.7. The molecular formula is C35H42FNO5. The molecule has 2 aromatic carbocycles. The molecule has 42 heavy (non-hydrogen) atoms. The van der Waals surface area contributed by atoms with Crippen LogP contribution in [0.5, 0.6) is 11.5 Å². The number of Topliss-reactive ketones (excluding diaryl/α,β-unsaturated/α-hetero) is 2. The Labute approximate surface area is 248 Å². The molecule has 0 bridgehead atoms. The van der Waals surface area contributed by atoms with Crippen molar-refractivity contribution < 1.29 is 28.2 Å². The summed E-state index contributed by atoms with van der Waals surface area (Å²) in [6.07, 6.45) is 3.20. The first-order valence-electron chi connectivity index (χ1n) is 14.8. The summed E-state index contributed by atoms with van der Waals surface area (Å²) in [7, 11) is 3.28. The molecular weight excluding hydrogens is 533 g/mol. The molecule has 1 heterocycles. The number of hydrogen-bond acceptors (Lipinski definition) is 6. The molecule has 0 radical (unpaired) electrons. The van der Waals surface area contributed by atoms with Crippen molar-refractivity contribution in [3.63, 3.8) is 0 Å². The van der Waals surface area contributed by atoms with E-state index in [0.29, 0.717) is 37.5 Å². The van der Waals surface area contributed by atoms with Gasteiger partial charge in [-0.2, -0.15) is 0 Å². The van der Waals surface area contributed by atoms with Crippen LogP contribution >= 0.6 is 0 Å². The summed E-state index contributed by atoms with van der Waals surface area (Å²) in [4.78, 5) is 30.3. The number of hydrogen-bond donors (Lipinski definition) is 0. The molecule has 5 rings (SSSR count). The van der Waals surface area contributed by atoms with E-state index in [9.17, 15) is 14.0 Å². The van der Waals surface area contributed by atoms with Gasteiger partial charge in [-0.15, -0.1) is 0 Å². The number of carbonyl (C=O) groups excluding carboxylic acids is 2. The van der Waals surface area contributed by atoms with Crippen LogP contribution in [0, 0.1) is 16.6 Å². The maximum Gasteiger partial charge on any atom is 0.162 e. The average molecular weight is 576 g/mol. The Bertz CT molecular complexity index is 1380. The predicted octanol–water partition coefficient (Wildman–Crippen LogP) is 7.14. The topological polar surface area (TPSA) is 65.1 Å². The number of allylic oxidation sites excluding steroid dienone is 4. The monoisotopic (exact) mass is 575 g/mol. The van der Waals surface area contributed by atoms with Crippen LogP contribution in [-0.2, 0) is 20.9 Å². The number of methoxy groups -OCH3 is 2. The van der Waals surface area contributed by atoms with E-state index in [1.54, 1.807) is 26.4 Å². The predicted molar refractivity (Wildman–Crippen MR) is 160 cm³/mol. The summed E-state index contributed by atoms with van der Waals surface area (Å²) in [6, 6.07) is 11.9. The van der Waals surface area contributed by atoms with Gasteiger partial charge in [0.2, 0.25) is 0 Å². The van der Waals surface area contributed by atoms with Crippen LogP contribution in [0.4, 0.5) is 4.39 Å². The van der Waals surface area contributed by atoms with Gasteiger partial charge in [0.25, 0.3) is 0 Å². The van der Waals surface area contributed by atoms with Crippen LogP contribution in [0.3, 0.4) is 0 Å². The molecule has 2 aromatic rings. The molecule has 0 saturated heterocycles. The maximum absolute atomic E-state index is 14.0. The van der Waals surface area contributed by atoms with E-state index in [-0.39, 0.29) is 34.8 Å². The molecule has 0 unspecified atom stereocenters. The van der Waals surface area contributed by atoms with Gasteiger partial charge in [-0.3, -0.25) is 9.59 Å². The fourth-order valence-electron chi connectivity index (χ4n) is 6.74. The SMILES string of the molecule is COCCCN1C2=C(C(=O)CC(C)(C)C2)C(c2ccc(OCc3ccc(F)cc3)c(OC)c2)C2=C1CC(C)(C)CC2=O. The third kappa shape index (κ3) is 6.03. The van der Waals surface area contributed by atoms with Crippen LogP contribution in [0.15, 0.2) is 65.0 Å². The van der Waals surface area contributed by atoms with Gasteiger partial charge >= 0.3 is 0 Å². The molecule has 0 aromatic heterocycles. The second-order valence-corrected chi connectivity index (χ2v) is 13.4. The molecule has 0 saturated carbocycles. The van der Waals surface area contributed by atoms with Crippen LogP contribution in [0.25, 0.3) is 0 Å². The molecule has 0 fully saturated rings. The first kappa shape index (κ1) is 30.0. The summed E-state index contributed by atoms with van der Waals surface area (Å²) in [5.41, 5.74) is 4.87. The van der Waals surface area contributed by atoms with Crippen molar-refractivity contribution in [2.24, 2.45) is 10.8 Å². The van der Waals surface area contributed by atoms with Gasteiger partial charge in [0.15, 0.2) is 23.1 Å². The summed E-state index contributed by atoms with van der Waals surface area (Å²) in [6.45, 7) is 10.1. The minimum absolute atomic E-state index is 0.0998. The van der Waals surface area contributed by atoms with Gasteiger partial charge in [0, 0.05) is 61.6 Å². The number of halogens is 1. The van der Waals surface area contributed by atoms with Gasteiger partial charge < -0.3 is 19.1 Å². The molecule has 3 aliphatic rings. The quantitative estimate of drug-likeness (QED) is 0.296. The molecule has 0 amide bonds. The lowest BCUT2D eigenvalue weighted by Crippen LogP contribution is -2.44. The Kier molecular flexibility index (Phi) is 8.35. The summed E-state index contributed by atoms with van der Waals surface area (Å²) in [5, 5.41) is 0. The Morgan fingerprint density at radius 3 is 1.98 bits per heavy atom. The van der Waals surface area contributed by atoms with E-state index in [4.69, 9.17) is 14.2 Å². The fourth-order valence-corrected chi connectivity index (χ4v) is 6.74. The van der Waals surface area contributed by atoms with Crippen molar-refractivity contribution in [1.82, 2.24) is 4.90 Å². The van der Waals surface area contributed by atoms with Crippen molar-refractivity contribution in [1.29, 1.82) is 0 Å². The van der Waals surface area contributed by atoms with Crippen LogP contribution in [0.1, 0.15) is 76.8 Å². The standard InChI is InChI=1S/C35H42FNO5/c1-34(2)17-25-32(27(38)19-34)31(33-26(37(25)14-7-15-40-5)18-35(3,4)20-28(33)39)23-10-13-29(30(16-23)41-6)42-21-22-8-11-24(36)12-9-22/h8-13,16,31H,7,14-15,17-21H2,1-6H3. The number of nitrogens with zero attached hydrogens (tertiary/aromatic N) is 1. The van der Waals surface area contributed by atoms with E-state index in [2.05, 4.69) is 32.6 Å². The highest BCUT2D eigenvalue weighted by atomic mass is 19.1. The van der Waals surface area contributed by atoms with Crippen molar-refractivity contribution >= 4 is 11.6 Å². The van der Waals surface area contributed by atoms with E-state index in [0.717, 1.165) is 52.9 Å². The van der Waals surface area contributed by atoms with Gasteiger partial charge in [-0.05, 0) is 65.5 Å². The van der Waals surface area contributed by atoms with E-state index >= 15 is 0 Å². The van der Waals surface area contributed by atoms with Crippen molar-refractivity contribution in [3.05, 3.63) is 81.9 Å². The Morgan fingerprint density at radius 2 is 1.43 bits per heavy atom. The van der Waals surface area contributed by atoms with Gasteiger partial charge in [-0.25, -0.2) is 4.39 Å². The van der Waals surface area contributed by atoms with Crippen LogP contribution in [-0.4, -0.2) is 43.8 Å². The molecule has 0 N–H and O–H groups in total. The largest absolute Gasteiger partial charge is 0.493 e. The molecule has 0 spiro atoms. The highest BCUT2D eigenvalue weighted by Gasteiger charge is 2.49. The van der Waals surface area contributed by atoms with E-state index < -0.39 is 5.92 Å². The van der Waals surface area contributed by atoms with Gasteiger partial charge in [0.05, 0.1) is 7.11 Å². The summed E-state index contributed by atoms with van der Waals surface area (Å²) >= 11 is 0. The molecule has 0 atom stereocenters. The van der Waals surface area contributed by atoms with Gasteiger partial charge in [-0.1, -0.05) is 45.9 Å². The Morgan fingerprint density at radius 1 is 0.833 bits per heavy atom. The molecule has 1 aliphatic heterocycles. The van der Waals surface area contributed by atoms with E-state index in [1.807, 2.05) is 18.2 Å². The number of ketones is 2. The molecule has 2 aliphatic carbocycles. The summed E-state index contributed by atoms with van der Waals surface area (Å²) < 4.78 is 30.5.